The predicted octanol–water partition coefficient (Wildman–Crippen LogP) is 6.58. The van der Waals surface area contributed by atoms with Gasteiger partial charge >= 0.3 is 0 Å². The van der Waals surface area contributed by atoms with E-state index in [1.165, 1.54) is 11.3 Å². The number of nitrogens with zero attached hydrogens (tertiary/aromatic N) is 3. The molecule has 0 aliphatic carbocycles. The average molecular weight is 607 g/mol. The van der Waals surface area contributed by atoms with Crippen molar-refractivity contribution in [3.8, 4) is 0 Å². The number of piperidine rings is 2. The lowest BCUT2D eigenvalue weighted by Crippen LogP contribution is -2.53. The van der Waals surface area contributed by atoms with Crippen LogP contribution in [0.5, 0.6) is 0 Å². The van der Waals surface area contributed by atoms with Crippen LogP contribution < -0.4 is 0 Å². The molecule has 0 saturated carbocycles. The Kier molecular flexibility index (Phi) is 8.43. The summed E-state index contributed by atoms with van der Waals surface area (Å²) in [4.78, 5) is 45.1. The third-order valence-corrected chi connectivity index (χ3v) is 10.5. The van der Waals surface area contributed by atoms with Crippen molar-refractivity contribution >= 4 is 73.9 Å². The number of likely N-dealkylation sites (N-methyl/N-ethyl adjacent to an activating group) is 1. The van der Waals surface area contributed by atoms with E-state index in [0.29, 0.717) is 65.4 Å². The van der Waals surface area contributed by atoms with E-state index in [9.17, 15) is 14.4 Å². The first-order valence-corrected chi connectivity index (χ1v) is 15.0. The Morgan fingerprint density at radius 1 is 0.923 bits per heavy atom. The van der Waals surface area contributed by atoms with Crippen LogP contribution in [0.1, 0.15) is 47.3 Å². The van der Waals surface area contributed by atoms with Crippen LogP contribution in [-0.2, 0) is 9.59 Å². The summed E-state index contributed by atoms with van der Waals surface area (Å²) >= 11 is 20.7. The standard InChI is InChI=1S/C29H30Cl3N3O3S/c1-17(36)34-12-9-18(10-13-34)28(37)35-14-11-24(21(16-35)19-7-8-22(30)23(31)15-19)33(2)29(38)27-26(32)20-5-3-4-6-25(20)39-27/h3-8,15,18,21,24H,9-14,16H2,1-2H3/t21-,24+/m0/s1. The number of thiophene rings is 1. The van der Waals surface area contributed by atoms with Gasteiger partial charge in [0.25, 0.3) is 5.91 Å². The Balaban J connectivity index is 1.40. The molecule has 10 heteroatoms. The molecule has 2 fully saturated rings. The summed E-state index contributed by atoms with van der Waals surface area (Å²) in [7, 11) is 1.81. The molecule has 2 saturated heterocycles. The van der Waals surface area contributed by atoms with E-state index in [2.05, 4.69) is 0 Å². The highest BCUT2D eigenvalue weighted by molar-refractivity contribution is 7.21. The molecule has 0 bridgehead atoms. The number of likely N-dealkylation sites (tertiary alicyclic amines) is 2. The van der Waals surface area contributed by atoms with E-state index < -0.39 is 0 Å². The van der Waals surface area contributed by atoms with Crippen molar-refractivity contribution in [2.45, 2.75) is 38.1 Å². The molecule has 3 heterocycles. The summed E-state index contributed by atoms with van der Waals surface area (Å²) in [6, 6.07) is 13.1. The van der Waals surface area contributed by atoms with Gasteiger partial charge in [0.15, 0.2) is 0 Å². The topological polar surface area (TPSA) is 60.9 Å². The van der Waals surface area contributed by atoms with Crippen molar-refractivity contribution < 1.29 is 14.4 Å². The van der Waals surface area contributed by atoms with E-state index >= 15 is 0 Å². The maximum atomic E-state index is 13.8. The van der Waals surface area contributed by atoms with Crippen LogP contribution in [0.2, 0.25) is 15.1 Å². The Hall–Kier alpha value is -2.32. The van der Waals surface area contributed by atoms with Crippen molar-refractivity contribution in [3.05, 3.63) is 68.0 Å². The fourth-order valence-electron chi connectivity index (χ4n) is 5.84. The van der Waals surface area contributed by atoms with Gasteiger partial charge in [-0.15, -0.1) is 11.3 Å². The minimum absolute atomic E-state index is 0.0489. The van der Waals surface area contributed by atoms with Crippen LogP contribution in [0.25, 0.3) is 10.1 Å². The maximum Gasteiger partial charge on any atom is 0.265 e. The van der Waals surface area contributed by atoms with Gasteiger partial charge in [-0.05, 0) is 43.0 Å². The molecule has 39 heavy (non-hydrogen) atoms. The van der Waals surface area contributed by atoms with E-state index in [1.807, 2.05) is 48.3 Å². The smallest absolute Gasteiger partial charge is 0.265 e. The highest BCUT2D eigenvalue weighted by atomic mass is 35.5. The summed E-state index contributed by atoms with van der Waals surface area (Å²) in [5.74, 6) is -0.232. The van der Waals surface area contributed by atoms with Crippen molar-refractivity contribution in [2.75, 3.05) is 33.2 Å². The number of halogens is 3. The fourth-order valence-corrected chi connectivity index (χ4v) is 7.64. The predicted molar refractivity (Wildman–Crippen MR) is 158 cm³/mol. The molecule has 0 radical (unpaired) electrons. The van der Waals surface area contributed by atoms with Crippen molar-refractivity contribution in [3.63, 3.8) is 0 Å². The quantitative estimate of drug-likeness (QED) is 0.337. The second kappa shape index (κ2) is 11.7. The van der Waals surface area contributed by atoms with Gasteiger partial charge in [-0.1, -0.05) is 59.1 Å². The molecule has 3 amide bonds. The summed E-state index contributed by atoms with van der Waals surface area (Å²) in [6.45, 7) is 3.79. The van der Waals surface area contributed by atoms with Gasteiger partial charge in [0.05, 0.1) is 15.1 Å². The van der Waals surface area contributed by atoms with Gasteiger partial charge in [-0.2, -0.15) is 0 Å². The molecule has 1 aromatic heterocycles. The number of benzene rings is 2. The Morgan fingerprint density at radius 3 is 2.28 bits per heavy atom. The van der Waals surface area contributed by atoms with E-state index in [-0.39, 0.29) is 35.6 Å². The Morgan fingerprint density at radius 2 is 1.62 bits per heavy atom. The number of hydrogen-bond donors (Lipinski definition) is 0. The van der Waals surface area contributed by atoms with Crippen LogP contribution in [0.3, 0.4) is 0 Å². The van der Waals surface area contributed by atoms with Gasteiger partial charge in [0.1, 0.15) is 4.88 Å². The summed E-state index contributed by atoms with van der Waals surface area (Å²) in [6.07, 6.45) is 1.95. The summed E-state index contributed by atoms with van der Waals surface area (Å²) < 4.78 is 0.969. The highest BCUT2D eigenvalue weighted by Gasteiger charge is 2.39. The van der Waals surface area contributed by atoms with Gasteiger partial charge < -0.3 is 14.7 Å². The normalized spacial score (nSPS) is 20.3. The zero-order valence-electron chi connectivity index (χ0n) is 21.8. The highest BCUT2D eigenvalue weighted by Crippen LogP contribution is 2.39. The van der Waals surface area contributed by atoms with E-state index in [1.54, 1.807) is 22.8 Å². The lowest BCUT2D eigenvalue weighted by Gasteiger charge is -2.44. The van der Waals surface area contributed by atoms with Crippen LogP contribution in [-0.4, -0.2) is 71.7 Å². The second-order valence-corrected chi connectivity index (χ2v) is 12.6. The summed E-state index contributed by atoms with van der Waals surface area (Å²) in [5, 5.41) is 2.25. The molecule has 3 aromatic rings. The van der Waals surface area contributed by atoms with Crippen LogP contribution >= 0.6 is 46.1 Å². The van der Waals surface area contributed by atoms with Gasteiger partial charge in [0, 0.05) is 68.1 Å². The number of amides is 3. The SMILES string of the molecule is CC(=O)N1CCC(C(=O)N2CC[C@@H](N(C)C(=O)c3sc4ccccc4c3Cl)[C@H](c3ccc(Cl)c(Cl)c3)C2)CC1. The monoisotopic (exact) mass is 605 g/mol. The fraction of sp³-hybridized carbons (Fsp3) is 0.414. The molecule has 0 N–H and O–H groups in total. The minimum Gasteiger partial charge on any atom is -0.343 e. The second-order valence-electron chi connectivity index (χ2n) is 10.4. The third kappa shape index (κ3) is 5.64. The number of rotatable bonds is 4. The van der Waals surface area contributed by atoms with Gasteiger partial charge in [-0.25, -0.2) is 0 Å². The molecular formula is C29H30Cl3N3O3S. The first kappa shape index (κ1) is 28.2. The average Bonchev–Trinajstić information content (AvgIpc) is 3.29. The zero-order chi connectivity index (χ0) is 27.8. The number of fused-ring (bicyclic) bond motifs is 1. The molecule has 0 spiro atoms. The Bertz CT molecular complexity index is 1420. The molecule has 206 valence electrons. The van der Waals surface area contributed by atoms with Crippen molar-refractivity contribution in [1.82, 2.24) is 14.7 Å². The van der Waals surface area contributed by atoms with E-state index in [4.69, 9.17) is 34.8 Å². The first-order chi connectivity index (χ1) is 18.7. The van der Waals surface area contributed by atoms with E-state index in [0.717, 1.165) is 15.6 Å². The maximum absolute atomic E-state index is 13.8. The summed E-state index contributed by atoms with van der Waals surface area (Å²) in [5.41, 5.74) is 0.931. The van der Waals surface area contributed by atoms with Gasteiger partial charge in [-0.3, -0.25) is 14.4 Å². The molecule has 2 aliphatic rings. The molecule has 0 unspecified atom stereocenters. The zero-order valence-corrected chi connectivity index (χ0v) is 24.9. The molecule has 2 aromatic carbocycles. The number of hydrogen-bond acceptors (Lipinski definition) is 4. The van der Waals surface area contributed by atoms with Crippen molar-refractivity contribution in [1.29, 1.82) is 0 Å². The minimum atomic E-state index is -0.167. The first-order valence-electron chi connectivity index (χ1n) is 13.1. The molecule has 5 rings (SSSR count). The molecular weight excluding hydrogens is 577 g/mol. The van der Waals surface area contributed by atoms with Crippen LogP contribution in [0.4, 0.5) is 0 Å². The third-order valence-electron chi connectivity index (χ3n) is 8.10. The lowest BCUT2D eigenvalue weighted by molar-refractivity contribution is -0.141. The largest absolute Gasteiger partial charge is 0.343 e. The number of carbonyl (C=O) groups excluding carboxylic acids is 3. The molecule has 2 aliphatic heterocycles. The lowest BCUT2D eigenvalue weighted by atomic mass is 9.84. The molecule has 6 nitrogen and oxygen atoms in total. The Labute approximate surface area is 247 Å². The molecule has 2 atom stereocenters. The van der Waals surface area contributed by atoms with Crippen LogP contribution in [0.15, 0.2) is 42.5 Å². The van der Waals surface area contributed by atoms with Gasteiger partial charge in [0.2, 0.25) is 11.8 Å². The van der Waals surface area contributed by atoms with Crippen LogP contribution in [0, 0.1) is 5.92 Å². The van der Waals surface area contributed by atoms with Crippen molar-refractivity contribution in [2.24, 2.45) is 5.92 Å². The number of carbonyl (C=O) groups is 3.